The normalized spacial score (nSPS) is 15.4. The van der Waals surface area contributed by atoms with E-state index < -0.39 is 5.91 Å². The second-order valence-electron chi connectivity index (χ2n) is 8.02. The smallest absolute Gasteiger partial charge is 0.286 e. The molecule has 1 aliphatic heterocycles. The summed E-state index contributed by atoms with van der Waals surface area (Å²) in [5, 5.41) is 9.28. The van der Waals surface area contributed by atoms with Crippen molar-refractivity contribution in [2.45, 2.75) is 32.4 Å². The van der Waals surface area contributed by atoms with E-state index in [-0.39, 0.29) is 12.0 Å². The van der Waals surface area contributed by atoms with Gasteiger partial charge in [-0.15, -0.1) is 5.10 Å². The highest BCUT2D eigenvalue weighted by Gasteiger charge is 2.30. The number of aromatic nitrogens is 1. The van der Waals surface area contributed by atoms with Gasteiger partial charge in [0.25, 0.3) is 5.91 Å². The van der Waals surface area contributed by atoms with E-state index in [1.54, 1.807) is 18.3 Å². The summed E-state index contributed by atoms with van der Waals surface area (Å²) >= 11 is 0. The van der Waals surface area contributed by atoms with Gasteiger partial charge in [-0.2, -0.15) is 0 Å². The van der Waals surface area contributed by atoms with E-state index in [2.05, 4.69) is 41.4 Å². The number of ether oxygens (including phenoxy) is 1. The maximum atomic E-state index is 11.8. The molecule has 0 fully saturated rings. The number of rotatable bonds is 7. The van der Waals surface area contributed by atoms with Crippen LogP contribution >= 0.6 is 0 Å². The molecule has 0 saturated heterocycles. The first-order chi connectivity index (χ1) is 15.5. The number of hydrazone groups is 1. The number of primary amides is 1. The summed E-state index contributed by atoms with van der Waals surface area (Å²) in [6, 6.07) is 20.1. The SMILES string of the molecule is COc1ccc(C(C)C)cc1-c1ccnc(N2N=C(C(N)=O)NC2Cc2ccccc2)c1. The lowest BCUT2D eigenvalue weighted by Gasteiger charge is -2.23. The number of hydrogen-bond donors (Lipinski definition) is 2. The molecule has 2 heterocycles. The zero-order valence-corrected chi connectivity index (χ0v) is 18.4. The standard InChI is InChI=1S/C25H27N5O2/c1-16(2)18-9-10-21(32-3)20(14-18)19-11-12-27-22(15-19)30-23(28-25(29-30)24(26)31)13-17-7-5-4-6-8-17/h4-12,14-16,23H,13H2,1-3H3,(H2,26,31)(H,28,29). The van der Waals surface area contributed by atoms with Crippen molar-refractivity contribution in [3.8, 4) is 16.9 Å². The predicted molar refractivity (Wildman–Crippen MR) is 126 cm³/mol. The van der Waals surface area contributed by atoms with Crippen LogP contribution in [0.3, 0.4) is 0 Å². The Labute approximate surface area is 187 Å². The molecule has 3 aromatic rings. The summed E-state index contributed by atoms with van der Waals surface area (Å²) in [5.41, 5.74) is 9.77. The van der Waals surface area contributed by atoms with Crippen molar-refractivity contribution < 1.29 is 9.53 Å². The van der Waals surface area contributed by atoms with Crippen LogP contribution < -0.4 is 20.8 Å². The quantitative estimate of drug-likeness (QED) is 0.598. The summed E-state index contributed by atoms with van der Waals surface area (Å²) in [6.45, 7) is 4.32. The third kappa shape index (κ3) is 4.42. The van der Waals surface area contributed by atoms with Gasteiger partial charge in [-0.3, -0.25) is 4.79 Å². The Bertz CT molecular complexity index is 1140. The number of amidine groups is 1. The molecule has 1 atom stereocenters. The fraction of sp³-hybridized carbons (Fsp3) is 0.240. The van der Waals surface area contributed by atoms with Crippen LogP contribution in [0, 0.1) is 0 Å². The fourth-order valence-corrected chi connectivity index (χ4v) is 3.75. The van der Waals surface area contributed by atoms with Gasteiger partial charge < -0.3 is 15.8 Å². The van der Waals surface area contributed by atoms with Crippen molar-refractivity contribution in [1.29, 1.82) is 0 Å². The highest BCUT2D eigenvalue weighted by molar-refractivity contribution is 6.38. The Balaban J connectivity index is 1.72. The predicted octanol–water partition coefficient (Wildman–Crippen LogP) is 3.66. The Morgan fingerprint density at radius 2 is 1.94 bits per heavy atom. The number of nitrogens with one attached hydrogen (secondary N) is 1. The lowest BCUT2D eigenvalue weighted by atomic mass is 9.97. The van der Waals surface area contributed by atoms with E-state index >= 15 is 0 Å². The molecule has 1 aromatic heterocycles. The van der Waals surface area contributed by atoms with Crippen LogP contribution in [0.25, 0.3) is 11.1 Å². The molecular weight excluding hydrogens is 402 g/mol. The summed E-state index contributed by atoms with van der Waals surface area (Å²) in [4.78, 5) is 16.3. The third-order valence-corrected chi connectivity index (χ3v) is 5.49. The second kappa shape index (κ2) is 9.09. The van der Waals surface area contributed by atoms with Crippen LogP contribution in [0.5, 0.6) is 5.75 Å². The lowest BCUT2D eigenvalue weighted by Crippen LogP contribution is -2.43. The van der Waals surface area contributed by atoms with Crippen LogP contribution in [0.2, 0.25) is 0 Å². The average molecular weight is 430 g/mol. The first kappa shape index (κ1) is 21.4. The molecular formula is C25H27N5O2. The van der Waals surface area contributed by atoms with Crippen LogP contribution in [0.4, 0.5) is 5.82 Å². The van der Waals surface area contributed by atoms with Crippen molar-refractivity contribution >= 4 is 17.6 Å². The van der Waals surface area contributed by atoms with Crippen LogP contribution in [-0.2, 0) is 11.2 Å². The van der Waals surface area contributed by atoms with Crippen LogP contribution in [-0.4, -0.2) is 30.0 Å². The third-order valence-electron chi connectivity index (χ3n) is 5.49. The van der Waals surface area contributed by atoms with Gasteiger partial charge in [0, 0.05) is 18.2 Å². The molecule has 164 valence electrons. The summed E-state index contributed by atoms with van der Waals surface area (Å²) in [7, 11) is 1.67. The highest BCUT2D eigenvalue weighted by Crippen LogP contribution is 2.34. The molecule has 0 bridgehead atoms. The number of hydrogen-bond acceptors (Lipinski definition) is 6. The lowest BCUT2D eigenvalue weighted by molar-refractivity contribution is -0.112. The molecule has 32 heavy (non-hydrogen) atoms. The Morgan fingerprint density at radius 3 is 2.62 bits per heavy atom. The van der Waals surface area contributed by atoms with Gasteiger partial charge in [0.2, 0.25) is 5.84 Å². The summed E-state index contributed by atoms with van der Waals surface area (Å²) < 4.78 is 5.61. The zero-order valence-electron chi connectivity index (χ0n) is 18.4. The molecule has 0 spiro atoms. The van der Waals surface area contributed by atoms with Crippen molar-refractivity contribution in [2.75, 3.05) is 12.1 Å². The van der Waals surface area contributed by atoms with E-state index in [9.17, 15) is 4.79 Å². The molecule has 0 saturated carbocycles. The van der Waals surface area contributed by atoms with Gasteiger partial charge in [0.15, 0.2) is 5.82 Å². The molecule has 0 radical (unpaired) electrons. The second-order valence-corrected chi connectivity index (χ2v) is 8.02. The van der Waals surface area contributed by atoms with Crippen molar-refractivity contribution in [3.63, 3.8) is 0 Å². The van der Waals surface area contributed by atoms with Gasteiger partial charge >= 0.3 is 0 Å². The first-order valence-electron chi connectivity index (χ1n) is 10.6. The van der Waals surface area contributed by atoms with E-state index in [0.717, 1.165) is 22.4 Å². The minimum absolute atomic E-state index is 0.123. The van der Waals surface area contributed by atoms with Crippen LogP contribution in [0.15, 0.2) is 72.0 Å². The summed E-state index contributed by atoms with van der Waals surface area (Å²) in [5.74, 6) is 1.31. The molecule has 2 aromatic carbocycles. The molecule has 7 nitrogen and oxygen atoms in total. The van der Waals surface area contributed by atoms with Gasteiger partial charge in [-0.25, -0.2) is 9.99 Å². The number of nitrogens with zero attached hydrogens (tertiary/aromatic N) is 3. The average Bonchev–Trinajstić information content (AvgIpc) is 3.23. The number of amides is 1. The number of anilines is 1. The largest absolute Gasteiger partial charge is 0.496 e. The number of carbonyl (C=O) groups is 1. The molecule has 3 N–H and O–H groups in total. The zero-order chi connectivity index (χ0) is 22.7. The number of methoxy groups -OCH3 is 1. The number of benzene rings is 2. The van der Waals surface area contributed by atoms with E-state index in [4.69, 9.17) is 10.5 Å². The van der Waals surface area contributed by atoms with Gasteiger partial charge in [-0.1, -0.05) is 50.2 Å². The topological polar surface area (TPSA) is 92.8 Å². The number of nitrogens with two attached hydrogens (primary N) is 1. The Hall–Kier alpha value is -3.87. The van der Waals surface area contributed by atoms with Gasteiger partial charge in [0.1, 0.15) is 11.9 Å². The number of pyridine rings is 1. The van der Waals surface area contributed by atoms with Gasteiger partial charge in [0.05, 0.1) is 7.11 Å². The molecule has 1 aliphatic rings. The molecule has 7 heteroatoms. The monoisotopic (exact) mass is 429 g/mol. The van der Waals surface area contributed by atoms with Crippen molar-refractivity contribution in [2.24, 2.45) is 10.8 Å². The Kier molecular flexibility index (Phi) is 6.07. The van der Waals surface area contributed by atoms with Crippen LogP contribution in [0.1, 0.15) is 30.9 Å². The first-order valence-corrected chi connectivity index (χ1v) is 10.6. The van der Waals surface area contributed by atoms with E-state index in [1.807, 2.05) is 48.5 Å². The number of carbonyl (C=O) groups excluding carboxylic acids is 1. The van der Waals surface area contributed by atoms with Gasteiger partial charge in [-0.05, 0) is 46.9 Å². The maximum Gasteiger partial charge on any atom is 0.286 e. The minimum atomic E-state index is -0.604. The minimum Gasteiger partial charge on any atom is -0.496 e. The van der Waals surface area contributed by atoms with Crippen molar-refractivity contribution in [3.05, 3.63) is 78.0 Å². The molecule has 0 aliphatic carbocycles. The maximum absolute atomic E-state index is 11.8. The van der Waals surface area contributed by atoms with E-state index in [1.165, 1.54) is 5.56 Å². The van der Waals surface area contributed by atoms with E-state index in [0.29, 0.717) is 18.2 Å². The summed E-state index contributed by atoms with van der Waals surface area (Å²) in [6.07, 6.45) is 2.08. The highest BCUT2D eigenvalue weighted by atomic mass is 16.5. The molecule has 4 rings (SSSR count). The van der Waals surface area contributed by atoms with Crippen molar-refractivity contribution in [1.82, 2.24) is 10.3 Å². The molecule has 1 amide bonds. The Morgan fingerprint density at radius 1 is 1.16 bits per heavy atom. The fourth-order valence-electron chi connectivity index (χ4n) is 3.75. The molecule has 1 unspecified atom stereocenters.